The molecule has 1 aromatic rings. The van der Waals surface area contributed by atoms with Crippen molar-refractivity contribution in [1.82, 2.24) is 4.31 Å². The van der Waals surface area contributed by atoms with Gasteiger partial charge in [-0.2, -0.15) is 4.31 Å². The van der Waals surface area contributed by atoms with Crippen LogP contribution in [0.1, 0.15) is 25.8 Å². The van der Waals surface area contributed by atoms with Gasteiger partial charge in [0.1, 0.15) is 0 Å². The highest BCUT2D eigenvalue weighted by molar-refractivity contribution is 7.89. The Morgan fingerprint density at radius 1 is 1.39 bits per heavy atom. The Morgan fingerprint density at radius 2 is 2.06 bits per heavy atom. The van der Waals surface area contributed by atoms with E-state index in [1.165, 1.54) is 4.31 Å². The second-order valence-corrected chi connectivity index (χ2v) is 7.21. The van der Waals surface area contributed by atoms with Gasteiger partial charge in [-0.25, -0.2) is 8.42 Å². The average molecular weight is 269 g/mol. The second kappa shape index (κ2) is 4.33. The molecule has 0 aliphatic carbocycles. The number of aryl methyl sites for hydroxylation is 1. The maximum absolute atomic E-state index is 12.6. The SMILES string of the molecule is Cc1cccc(S(=O)(=O)N2CCC(O)C2(C)C)c1. The molecule has 1 atom stereocenters. The molecule has 0 radical (unpaired) electrons. The molecular formula is C13H19NO3S. The Kier molecular flexibility index (Phi) is 3.25. The van der Waals surface area contributed by atoms with Crippen molar-refractivity contribution in [3.63, 3.8) is 0 Å². The van der Waals surface area contributed by atoms with Crippen LogP contribution in [-0.2, 0) is 10.0 Å². The molecule has 1 N–H and O–H groups in total. The normalized spacial score (nSPS) is 24.3. The Labute approximate surface area is 108 Å². The minimum Gasteiger partial charge on any atom is -0.391 e. The molecule has 0 spiro atoms. The van der Waals surface area contributed by atoms with E-state index in [4.69, 9.17) is 0 Å². The van der Waals surface area contributed by atoms with Crippen molar-refractivity contribution in [3.8, 4) is 0 Å². The van der Waals surface area contributed by atoms with Gasteiger partial charge in [0.15, 0.2) is 0 Å². The van der Waals surface area contributed by atoms with Crippen molar-refractivity contribution in [3.05, 3.63) is 29.8 Å². The summed E-state index contributed by atoms with van der Waals surface area (Å²) in [4.78, 5) is 0.296. The third-order valence-electron chi connectivity index (χ3n) is 3.64. The summed E-state index contributed by atoms with van der Waals surface area (Å²) in [5, 5.41) is 9.89. The molecule has 1 heterocycles. The summed E-state index contributed by atoms with van der Waals surface area (Å²) in [5.74, 6) is 0. The Bertz CT molecular complexity index is 551. The highest BCUT2D eigenvalue weighted by atomic mass is 32.2. The summed E-state index contributed by atoms with van der Waals surface area (Å²) in [6.07, 6.45) is -0.130. The van der Waals surface area contributed by atoms with E-state index in [0.717, 1.165) is 5.56 Å². The summed E-state index contributed by atoms with van der Waals surface area (Å²) >= 11 is 0. The molecule has 4 nitrogen and oxygen atoms in total. The van der Waals surface area contributed by atoms with E-state index in [1.807, 2.05) is 13.0 Å². The first-order valence-corrected chi connectivity index (χ1v) is 7.48. The molecule has 2 rings (SSSR count). The van der Waals surface area contributed by atoms with Gasteiger partial charge in [0.25, 0.3) is 0 Å². The second-order valence-electron chi connectivity index (χ2n) is 5.35. The molecule has 0 aromatic heterocycles. The van der Waals surface area contributed by atoms with Gasteiger partial charge < -0.3 is 5.11 Å². The van der Waals surface area contributed by atoms with Gasteiger partial charge in [-0.1, -0.05) is 12.1 Å². The van der Waals surface area contributed by atoms with E-state index < -0.39 is 21.7 Å². The minimum absolute atomic E-state index is 0.296. The monoisotopic (exact) mass is 269 g/mol. The maximum atomic E-state index is 12.6. The number of hydrogen-bond donors (Lipinski definition) is 1. The molecule has 0 amide bonds. The third kappa shape index (κ3) is 2.06. The highest BCUT2D eigenvalue weighted by Gasteiger charge is 2.46. The predicted octanol–water partition coefficient (Wildman–Crippen LogP) is 1.53. The summed E-state index contributed by atoms with van der Waals surface area (Å²) in [6, 6.07) is 6.87. The molecule has 1 aliphatic rings. The van der Waals surface area contributed by atoms with E-state index in [2.05, 4.69) is 0 Å². The molecule has 0 saturated carbocycles. The standard InChI is InChI=1S/C13H19NO3S/c1-10-5-4-6-11(9-10)18(16,17)14-8-7-12(15)13(14,2)3/h4-6,9,12,15H,7-8H2,1-3H3. The lowest BCUT2D eigenvalue weighted by Crippen LogP contribution is -2.47. The van der Waals surface area contributed by atoms with Gasteiger partial charge >= 0.3 is 0 Å². The van der Waals surface area contributed by atoms with Crippen LogP contribution in [0.2, 0.25) is 0 Å². The molecule has 1 aliphatic heterocycles. The van der Waals surface area contributed by atoms with E-state index in [1.54, 1.807) is 32.0 Å². The molecule has 0 bridgehead atoms. The molecule has 18 heavy (non-hydrogen) atoms. The molecule has 1 unspecified atom stereocenters. The van der Waals surface area contributed by atoms with Gasteiger partial charge in [-0.3, -0.25) is 0 Å². The molecule has 1 saturated heterocycles. The number of aliphatic hydroxyl groups excluding tert-OH is 1. The number of hydrogen-bond acceptors (Lipinski definition) is 3. The fourth-order valence-corrected chi connectivity index (χ4v) is 4.31. The van der Waals surface area contributed by atoms with Crippen LogP contribution in [0.25, 0.3) is 0 Å². The first-order valence-electron chi connectivity index (χ1n) is 6.04. The first kappa shape index (κ1) is 13.5. The van der Waals surface area contributed by atoms with Gasteiger partial charge in [-0.05, 0) is 44.9 Å². The van der Waals surface area contributed by atoms with E-state index in [0.29, 0.717) is 17.9 Å². The maximum Gasteiger partial charge on any atom is 0.243 e. The van der Waals surface area contributed by atoms with E-state index in [9.17, 15) is 13.5 Å². The van der Waals surface area contributed by atoms with Crippen LogP contribution < -0.4 is 0 Å². The van der Waals surface area contributed by atoms with Crippen molar-refractivity contribution < 1.29 is 13.5 Å². The fraction of sp³-hybridized carbons (Fsp3) is 0.538. The Morgan fingerprint density at radius 3 is 2.56 bits per heavy atom. The summed E-state index contributed by atoms with van der Waals surface area (Å²) in [5.41, 5.74) is 0.163. The summed E-state index contributed by atoms with van der Waals surface area (Å²) in [7, 11) is -3.53. The average Bonchev–Trinajstić information content (AvgIpc) is 2.54. The molecule has 1 aromatic carbocycles. The lowest BCUT2D eigenvalue weighted by Gasteiger charge is -2.32. The summed E-state index contributed by atoms with van der Waals surface area (Å²) < 4.78 is 26.5. The van der Waals surface area contributed by atoms with Crippen LogP contribution in [0.4, 0.5) is 0 Å². The quantitative estimate of drug-likeness (QED) is 0.886. The van der Waals surface area contributed by atoms with Crippen LogP contribution in [-0.4, -0.2) is 36.0 Å². The van der Waals surface area contributed by atoms with Crippen LogP contribution in [0.15, 0.2) is 29.2 Å². The van der Waals surface area contributed by atoms with Gasteiger partial charge in [0, 0.05) is 6.54 Å². The zero-order valence-electron chi connectivity index (χ0n) is 10.9. The fourth-order valence-electron chi connectivity index (χ4n) is 2.38. The highest BCUT2D eigenvalue weighted by Crippen LogP contribution is 2.34. The van der Waals surface area contributed by atoms with Crippen molar-refractivity contribution in [1.29, 1.82) is 0 Å². The number of nitrogens with zero attached hydrogens (tertiary/aromatic N) is 1. The van der Waals surface area contributed by atoms with Crippen LogP contribution in [0.3, 0.4) is 0 Å². The van der Waals surface area contributed by atoms with E-state index in [-0.39, 0.29) is 0 Å². The molecule has 1 fully saturated rings. The van der Waals surface area contributed by atoms with Crippen molar-refractivity contribution in [2.45, 2.75) is 43.7 Å². The number of benzene rings is 1. The number of rotatable bonds is 2. The lowest BCUT2D eigenvalue weighted by atomic mass is 10.0. The molecule has 5 heteroatoms. The van der Waals surface area contributed by atoms with Gasteiger partial charge in [-0.15, -0.1) is 0 Å². The van der Waals surface area contributed by atoms with Crippen LogP contribution in [0.5, 0.6) is 0 Å². The number of aliphatic hydroxyl groups is 1. The summed E-state index contributed by atoms with van der Waals surface area (Å²) in [6.45, 7) is 5.75. The molecule has 100 valence electrons. The zero-order valence-corrected chi connectivity index (χ0v) is 11.7. The van der Waals surface area contributed by atoms with Crippen molar-refractivity contribution in [2.75, 3.05) is 6.54 Å². The molecular weight excluding hydrogens is 250 g/mol. The number of sulfonamides is 1. The van der Waals surface area contributed by atoms with E-state index >= 15 is 0 Å². The van der Waals surface area contributed by atoms with Gasteiger partial charge in [0.05, 0.1) is 16.5 Å². The predicted molar refractivity (Wildman–Crippen MR) is 69.8 cm³/mol. The topological polar surface area (TPSA) is 57.6 Å². The Balaban J connectivity index is 2.45. The zero-order chi connectivity index (χ0) is 13.6. The smallest absolute Gasteiger partial charge is 0.243 e. The first-order chi connectivity index (χ1) is 8.26. The van der Waals surface area contributed by atoms with Crippen LogP contribution >= 0.6 is 0 Å². The lowest BCUT2D eigenvalue weighted by molar-refractivity contribution is 0.0901. The van der Waals surface area contributed by atoms with Crippen molar-refractivity contribution >= 4 is 10.0 Å². The minimum atomic E-state index is -3.53. The van der Waals surface area contributed by atoms with Crippen LogP contribution in [0, 0.1) is 6.92 Å². The largest absolute Gasteiger partial charge is 0.391 e. The Hall–Kier alpha value is -0.910. The third-order valence-corrected chi connectivity index (χ3v) is 5.72. The van der Waals surface area contributed by atoms with Gasteiger partial charge in [0.2, 0.25) is 10.0 Å². The van der Waals surface area contributed by atoms with Crippen molar-refractivity contribution in [2.24, 2.45) is 0 Å².